The molecule has 1 aromatic carbocycles. The minimum atomic E-state index is -0.729. The van der Waals surface area contributed by atoms with Crippen LogP contribution in [0.25, 0.3) is 0 Å². The molecule has 0 unspecified atom stereocenters. The fourth-order valence-corrected chi connectivity index (χ4v) is 2.84. The third-order valence-electron chi connectivity index (χ3n) is 4.42. The molecular weight excluding hydrogens is 426 g/mol. The van der Waals surface area contributed by atoms with Gasteiger partial charge >= 0.3 is 0 Å². The molecule has 0 radical (unpaired) electrons. The largest absolute Gasteiger partial charge is 0.437 e. The fraction of sp³-hybridized carbons (Fsp3) is 0.227. The van der Waals surface area contributed by atoms with Gasteiger partial charge in [-0.25, -0.2) is 4.98 Å². The van der Waals surface area contributed by atoms with E-state index in [-0.39, 0.29) is 23.3 Å². The number of aryl methyl sites for hydroxylation is 1. The first-order chi connectivity index (χ1) is 15.9. The number of methoxy groups -OCH3 is 1. The van der Waals surface area contributed by atoms with Gasteiger partial charge in [-0.1, -0.05) is 19.6 Å². The van der Waals surface area contributed by atoms with Crippen molar-refractivity contribution in [2.75, 3.05) is 24.4 Å². The number of ether oxygens (including phenoxy) is 2. The van der Waals surface area contributed by atoms with Crippen molar-refractivity contribution < 1.29 is 19.1 Å². The van der Waals surface area contributed by atoms with Gasteiger partial charge in [-0.3, -0.25) is 14.3 Å². The maximum absolute atomic E-state index is 12.0. The molecule has 4 N–H and O–H groups in total. The lowest BCUT2D eigenvalue weighted by Crippen LogP contribution is -2.18. The average molecular weight is 451 g/mol. The Labute approximate surface area is 190 Å². The molecule has 0 spiro atoms. The van der Waals surface area contributed by atoms with E-state index in [0.29, 0.717) is 42.4 Å². The van der Waals surface area contributed by atoms with Gasteiger partial charge in [0.05, 0.1) is 25.0 Å². The van der Waals surface area contributed by atoms with Crippen LogP contribution in [0.4, 0.5) is 17.2 Å². The van der Waals surface area contributed by atoms with Crippen LogP contribution in [0.5, 0.6) is 11.6 Å². The van der Waals surface area contributed by atoms with E-state index in [0.717, 1.165) is 0 Å². The van der Waals surface area contributed by atoms with E-state index in [2.05, 4.69) is 32.3 Å². The molecule has 2 amide bonds. The fourth-order valence-electron chi connectivity index (χ4n) is 2.84. The lowest BCUT2D eigenvalue weighted by atomic mass is 10.2. The summed E-state index contributed by atoms with van der Waals surface area (Å²) in [5.41, 5.74) is 7.09. The SMILES string of the molecule is C=CC(=O)Nc1cccc(Oc2nc(Nc3cnn(CCOC)c3)c(C(N)=O)nc2CC)c1. The number of anilines is 3. The summed E-state index contributed by atoms with van der Waals surface area (Å²) in [6.45, 7) is 6.36. The standard InChI is InChI=1S/C22H25N7O4/c1-4-17-22(33-16-8-6-7-14(11-16)25-18(30)5-2)28-21(19(27-17)20(23)31)26-15-12-24-29(13-15)9-10-32-3/h5-8,11-13H,2,4,9-10H2,1,3H3,(H2,23,31)(H,25,30)(H,26,28). The summed E-state index contributed by atoms with van der Waals surface area (Å²) in [6, 6.07) is 6.78. The minimum absolute atomic E-state index is 0.0177. The van der Waals surface area contributed by atoms with E-state index < -0.39 is 5.91 Å². The summed E-state index contributed by atoms with van der Waals surface area (Å²) in [6.07, 6.45) is 4.95. The monoisotopic (exact) mass is 451 g/mol. The van der Waals surface area contributed by atoms with Crippen molar-refractivity contribution in [1.82, 2.24) is 19.7 Å². The van der Waals surface area contributed by atoms with Crippen LogP contribution in [-0.2, 0) is 22.5 Å². The van der Waals surface area contributed by atoms with Crippen molar-refractivity contribution in [2.45, 2.75) is 19.9 Å². The Morgan fingerprint density at radius 2 is 2.09 bits per heavy atom. The zero-order chi connectivity index (χ0) is 23.8. The van der Waals surface area contributed by atoms with Crippen molar-refractivity contribution in [2.24, 2.45) is 5.73 Å². The highest BCUT2D eigenvalue weighted by atomic mass is 16.5. The second-order valence-electron chi connectivity index (χ2n) is 6.82. The molecule has 3 aromatic rings. The number of amides is 2. The summed E-state index contributed by atoms with van der Waals surface area (Å²) in [7, 11) is 1.61. The van der Waals surface area contributed by atoms with E-state index in [1.165, 1.54) is 6.08 Å². The van der Waals surface area contributed by atoms with Crippen molar-refractivity contribution >= 4 is 29.0 Å². The number of aromatic nitrogens is 4. The molecule has 11 nitrogen and oxygen atoms in total. The summed E-state index contributed by atoms with van der Waals surface area (Å²) in [5.74, 6) is -0.316. The number of carbonyl (C=O) groups is 2. The number of rotatable bonds is 11. The van der Waals surface area contributed by atoms with Crippen LogP contribution < -0.4 is 21.1 Å². The van der Waals surface area contributed by atoms with Crippen molar-refractivity contribution in [1.29, 1.82) is 0 Å². The van der Waals surface area contributed by atoms with Gasteiger partial charge in [0, 0.05) is 25.1 Å². The molecule has 0 bridgehead atoms. The first-order valence-electron chi connectivity index (χ1n) is 10.1. The van der Waals surface area contributed by atoms with Gasteiger partial charge in [-0.15, -0.1) is 0 Å². The lowest BCUT2D eigenvalue weighted by molar-refractivity contribution is -0.111. The van der Waals surface area contributed by atoms with Crippen molar-refractivity contribution in [3.63, 3.8) is 0 Å². The van der Waals surface area contributed by atoms with Crippen LogP contribution in [-0.4, -0.2) is 45.3 Å². The third-order valence-corrected chi connectivity index (χ3v) is 4.42. The lowest BCUT2D eigenvalue weighted by Gasteiger charge is -2.14. The van der Waals surface area contributed by atoms with Gasteiger partial charge < -0.3 is 25.8 Å². The normalized spacial score (nSPS) is 10.5. The second kappa shape index (κ2) is 10.9. The summed E-state index contributed by atoms with van der Waals surface area (Å²) >= 11 is 0. The van der Waals surface area contributed by atoms with Crippen LogP contribution in [0.1, 0.15) is 23.1 Å². The van der Waals surface area contributed by atoms with Gasteiger partial charge in [-0.05, 0) is 24.6 Å². The number of nitrogens with zero attached hydrogens (tertiary/aromatic N) is 4. The summed E-state index contributed by atoms with van der Waals surface area (Å²) in [5, 5.41) is 9.92. The van der Waals surface area contributed by atoms with Gasteiger partial charge in [0.2, 0.25) is 11.8 Å². The second-order valence-corrected chi connectivity index (χ2v) is 6.82. The Balaban J connectivity index is 1.91. The predicted octanol–water partition coefficient (Wildman–Crippen LogP) is 2.64. The number of hydrogen-bond donors (Lipinski definition) is 3. The molecule has 172 valence electrons. The quantitative estimate of drug-likeness (QED) is 0.377. The smallest absolute Gasteiger partial charge is 0.271 e. The van der Waals surface area contributed by atoms with Gasteiger partial charge in [0.1, 0.15) is 11.4 Å². The molecule has 3 rings (SSSR count). The summed E-state index contributed by atoms with van der Waals surface area (Å²) < 4.78 is 12.7. The molecule has 2 aromatic heterocycles. The molecule has 0 aliphatic carbocycles. The van der Waals surface area contributed by atoms with Crippen LogP contribution in [0.2, 0.25) is 0 Å². The Kier molecular flexibility index (Phi) is 7.71. The Bertz CT molecular complexity index is 1160. The molecule has 0 aliphatic rings. The van der Waals surface area contributed by atoms with Crippen molar-refractivity contribution in [3.8, 4) is 11.6 Å². The zero-order valence-corrected chi connectivity index (χ0v) is 18.4. The first kappa shape index (κ1) is 23.4. The van der Waals surface area contributed by atoms with Gasteiger partial charge in [0.15, 0.2) is 11.5 Å². The molecule has 2 heterocycles. The number of carbonyl (C=O) groups excluding carboxylic acids is 2. The van der Waals surface area contributed by atoms with E-state index in [9.17, 15) is 9.59 Å². The van der Waals surface area contributed by atoms with E-state index in [1.807, 2.05) is 6.92 Å². The Morgan fingerprint density at radius 1 is 1.27 bits per heavy atom. The highest BCUT2D eigenvalue weighted by Crippen LogP contribution is 2.29. The molecule has 33 heavy (non-hydrogen) atoms. The van der Waals surface area contributed by atoms with Crippen molar-refractivity contribution in [3.05, 3.63) is 60.7 Å². The summed E-state index contributed by atoms with van der Waals surface area (Å²) in [4.78, 5) is 32.4. The Hall–Kier alpha value is -4.25. The topological polar surface area (TPSA) is 146 Å². The van der Waals surface area contributed by atoms with E-state index in [4.69, 9.17) is 15.2 Å². The first-order valence-corrected chi connectivity index (χ1v) is 10.1. The van der Waals surface area contributed by atoms with Crippen LogP contribution in [0.3, 0.4) is 0 Å². The maximum Gasteiger partial charge on any atom is 0.271 e. The van der Waals surface area contributed by atoms with Gasteiger partial charge in [-0.2, -0.15) is 10.1 Å². The molecule has 0 saturated heterocycles. The van der Waals surface area contributed by atoms with E-state index >= 15 is 0 Å². The highest BCUT2D eigenvalue weighted by Gasteiger charge is 2.19. The van der Waals surface area contributed by atoms with Crippen LogP contribution in [0.15, 0.2) is 49.3 Å². The molecule has 0 saturated carbocycles. The highest BCUT2D eigenvalue weighted by molar-refractivity contribution is 5.99. The van der Waals surface area contributed by atoms with Gasteiger partial charge in [0.25, 0.3) is 5.91 Å². The third kappa shape index (κ3) is 6.14. The van der Waals surface area contributed by atoms with Crippen LogP contribution in [0, 0.1) is 0 Å². The maximum atomic E-state index is 12.0. The van der Waals surface area contributed by atoms with E-state index in [1.54, 1.807) is 48.5 Å². The number of nitrogens with two attached hydrogens (primary N) is 1. The van der Waals surface area contributed by atoms with Crippen LogP contribution >= 0.6 is 0 Å². The number of benzene rings is 1. The molecule has 0 atom stereocenters. The minimum Gasteiger partial charge on any atom is -0.437 e. The number of nitrogens with one attached hydrogen (secondary N) is 2. The molecule has 0 fully saturated rings. The molecule has 0 aliphatic heterocycles. The average Bonchev–Trinajstić information content (AvgIpc) is 3.25. The number of hydrogen-bond acceptors (Lipinski definition) is 8. The number of primary amides is 1. The molecule has 11 heteroatoms. The molecular formula is C22H25N7O4. The Morgan fingerprint density at radius 3 is 2.79 bits per heavy atom. The predicted molar refractivity (Wildman–Crippen MR) is 123 cm³/mol. The zero-order valence-electron chi connectivity index (χ0n) is 18.4.